The molecule has 0 aromatic carbocycles. The third kappa shape index (κ3) is 5.28. The van der Waals surface area contributed by atoms with Gasteiger partial charge in [0.05, 0.1) is 6.54 Å². The Balaban J connectivity index is 1.20. The first kappa shape index (κ1) is 21.9. The predicted molar refractivity (Wildman–Crippen MR) is 122 cm³/mol. The molecule has 2 bridgehead atoms. The van der Waals surface area contributed by atoms with Gasteiger partial charge in [-0.2, -0.15) is 0 Å². The molecule has 4 aliphatic rings. The quantitative estimate of drug-likeness (QED) is 0.506. The van der Waals surface area contributed by atoms with Crippen molar-refractivity contribution in [3.8, 4) is 0 Å². The van der Waals surface area contributed by atoms with Gasteiger partial charge in [-0.15, -0.1) is 0 Å². The number of carbonyl (C=O) groups is 1. The van der Waals surface area contributed by atoms with Gasteiger partial charge >= 0.3 is 0 Å². The van der Waals surface area contributed by atoms with E-state index in [0.29, 0.717) is 17.9 Å². The Morgan fingerprint density at radius 2 is 1.67 bits per heavy atom. The monoisotopic (exact) mass is 418 g/mol. The number of piperidine rings is 2. The van der Waals surface area contributed by atoms with Crippen molar-refractivity contribution in [1.29, 1.82) is 0 Å². The minimum absolute atomic E-state index is 0.328. The van der Waals surface area contributed by atoms with Gasteiger partial charge in [0.15, 0.2) is 5.96 Å². The summed E-state index contributed by atoms with van der Waals surface area (Å²) in [6.45, 7) is 8.55. The number of nitrogens with one attached hydrogen (secondary N) is 2. The summed E-state index contributed by atoms with van der Waals surface area (Å²) in [5.74, 6) is 1.71. The number of hydrogen-bond donors (Lipinski definition) is 2. The SMILES string of the molecule is CCNC(=NCCN1CCN(C(=O)C2CCC2)CC1)NC1CC2CCCC(C1)N2C. The minimum Gasteiger partial charge on any atom is -0.357 e. The summed E-state index contributed by atoms with van der Waals surface area (Å²) in [6.07, 6.45) is 9.97. The lowest BCUT2D eigenvalue weighted by Gasteiger charge is -2.47. The Hall–Kier alpha value is -1.34. The van der Waals surface area contributed by atoms with Gasteiger partial charge in [-0.25, -0.2) is 0 Å². The van der Waals surface area contributed by atoms with Crippen molar-refractivity contribution in [1.82, 2.24) is 25.3 Å². The molecule has 2 unspecified atom stereocenters. The summed E-state index contributed by atoms with van der Waals surface area (Å²) in [5, 5.41) is 7.18. The fraction of sp³-hybridized carbons (Fsp3) is 0.913. The van der Waals surface area contributed by atoms with Crippen LogP contribution in [0.5, 0.6) is 0 Å². The third-order valence-electron chi connectivity index (χ3n) is 7.85. The first-order valence-corrected chi connectivity index (χ1v) is 12.4. The lowest BCUT2D eigenvalue weighted by Crippen LogP contribution is -2.56. The lowest BCUT2D eigenvalue weighted by molar-refractivity contribution is -0.139. The molecular weight excluding hydrogens is 376 g/mol. The number of hydrogen-bond acceptors (Lipinski definition) is 4. The van der Waals surface area contributed by atoms with Gasteiger partial charge < -0.3 is 20.4 Å². The fourth-order valence-corrected chi connectivity index (χ4v) is 5.66. The van der Waals surface area contributed by atoms with Crippen LogP contribution in [0, 0.1) is 5.92 Å². The molecule has 2 N–H and O–H groups in total. The largest absolute Gasteiger partial charge is 0.357 e. The normalized spacial score (nSPS) is 31.3. The molecule has 7 nitrogen and oxygen atoms in total. The Labute approximate surface area is 182 Å². The van der Waals surface area contributed by atoms with Gasteiger partial charge in [-0.1, -0.05) is 12.8 Å². The molecule has 30 heavy (non-hydrogen) atoms. The van der Waals surface area contributed by atoms with Gasteiger partial charge in [-0.05, 0) is 52.5 Å². The second kappa shape index (κ2) is 10.3. The summed E-state index contributed by atoms with van der Waals surface area (Å²) in [4.78, 5) is 24.4. The maximum Gasteiger partial charge on any atom is 0.225 e. The van der Waals surface area contributed by atoms with Crippen LogP contribution in [0.2, 0.25) is 0 Å². The topological polar surface area (TPSA) is 63.2 Å². The van der Waals surface area contributed by atoms with E-state index in [2.05, 4.69) is 39.3 Å². The van der Waals surface area contributed by atoms with E-state index in [1.807, 2.05) is 0 Å². The maximum atomic E-state index is 12.4. The second-order valence-corrected chi connectivity index (χ2v) is 9.77. The maximum absolute atomic E-state index is 12.4. The molecule has 1 amide bonds. The molecular formula is C23H42N6O. The predicted octanol–water partition coefficient (Wildman–Crippen LogP) is 1.50. The van der Waals surface area contributed by atoms with Crippen LogP contribution in [0.15, 0.2) is 4.99 Å². The van der Waals surface area contributed by atoms with Crippen LogP contribution >= 0.6 is 0 Å². The molecule has 2 atom stereocenters. The highest BCUT2D eigenvalue weighted by molar-refractivity contribution is 5.80. The Morgan fingerprint density at radius 1 is 1.00 bits per heavy atom. The number of aliphatic imine (C=N–C) groups is 1. The number of carbonyl (C=O) groups excluding carboxylic acids is 1. The van der Waals surface area contributed by atoms with Gasteiger partial charge in [0.25, 0.3) is 0 Å². The molecule has 3 saturated heterocycles. The molecule has 0 spiro atoms. The van der Waals surface area contributed by atoms with Crippen molar-refractivity contribution in [2.45, 2.75) is 76.4 Å². The van der Waals surface area contributed by atoms with E-state index in [9.17, 15) is 4.79 Å². The lowest BCUT2D eigenvalue weighted by atomic mass is 9.82. The minimum atomic E-state index is 0.328. The van der Waals surface area contributed by atoms with Crippen molar-refractivity contribution in [3.63, 3.8) is 0 Å². The van der Waals surface area contributed by atoms with Gasteiger partial charge in [0.1, 0.15) is 0 Å². The zero-order valence-corrected chi connectivity index (χ0v) is 19.1. The molecule has 3 aliphatic heterocycles. The summed E-state index contributed by atoms with van der Waals surface area (Å²) >= 11 is 0. The first-order chi connectivity index (χ1) is 14.6. The van der Waals surface area contributed by atoms with Gasteiger partial charge in [0.2, 0.25) is 5.91 Å². The average Bonchev–Trinajstić information content (AvgIpc) is 2.68. The zero-order valence-electron chi connectivity index (χ0n) is 19.1. The van der Waals surface area contributed by atoms with Gasteiger partial charge in [0, 0.05) is 63.3 Å². The molecule has 0 aromatic heterocycles. The average molecular weight is 419 g/mol. The number of amides is 1. The van der Waals surface area contributed by atoms with E-state index in [1.54, 1.807) is 0 Å². The van der Waals surface area contributed by atoms with Crippen LogP contribution in [0.1, 0.15) is 58.3 Å². The zero-order chi connectivity index (χ0) is 20.9. The molecule has 1 aliphatic carbocycles. The number of piperazine rings is 1. The molecule has 4 fully saturated rings. The second-order valence-electron chi connectivity index (χ2n) is 9.77. The van der Waals surface area contributed by atoms with E-state index < -0.39 is 0 Å². The Kier molecular flexibility index (Phi) is 7.52. The smallest absolute Gasteiger partial charge is 0.225 e. The number of rotatable bonds is 6. The van der Waals surface area contributed by atoms with Crippen molar-refractivity contribution in [2.75, 3.05) is 52.9 Å². The van der Waals surface area contributed by atoms with E-state index in [4.69, 9.17) is 4.99 Å². The van der Waals surface area contributed by atoms with Crippen LogP contribution in [0.4, 0.5) is 0 Å². The van der Waals surface area contributed by atoms with Crippen LogP contribution in [0.25, 0.3) is 0 Å². The molecule has 4 rings (SSSR count). The summed E-state index contributed by atoms with van der Waals surface area (Å²) < 4.78 is 0. The van der Waals surface area contributed by atoms with E-state index >= 15 is 0 Å². The van der Waals surface area contributed by atoms with E-state index in [0.717, 1.165) is 76.7 Å². The van der Waals surface area contributed by atoms with Crippen LogP contribution < -0.4 is 10.6 Å². The number of guanidine groups is 1. The summed E-state index contributed by atoms with van der Waals surface area (Å²) in [6, 6.07) is 2.00. The summed E-state index contributed by atoms with van der Waals surface area (Å²) in [5.41, 5.74) is 0. The van der Waals surface area contributed by atoms with Crippen LogP contribution in [0.3, 0.4) is 0 Å². The van der Waals surface area contributed by atoms with E-state index in [1.165, 1.54) is 38.5 Å². The highest BCUT2D eigenvalue weighted by Crippen LogP contribution is 2.32. The van der Waals surface area contributed by atoms with Crippen molar-refractivity contribution in [3.05, 3.63) is 0 Å². The van der Waals surface area contributed by atoms with Crippen molar-refractivity contribution >= 4 is 11.9 Å². The summed E-state index contributed by atoms with van der Waals surface area (Å²) in [7, 11) is 2.31. The third-order valence-corrected chi connectivity index (χ3v) is 7.85. The molecule has 7 heteroatoms. The molecule has 170 valence electrons. The standard InChI is InChI=1S/C23H42N6O/c1-3-24-23(26-19-16-20-8-5-9-21(17-19)27(20)2)25-10-11-28-12-14-29(15-13-28)22(30)18-6-4-7-18/h18-21H,3-17H2,1-2H3,(H2,24,25,26). The molecule has 0 radical (unpaired) electrons. The van der Waals surface area contributed by atoms with Gasteiger partial charge in [-0.3, -0.25) is 14.7 Å². The Bertz CT molecular complexity index is 585. The van der Waals surface area contributed by atoms with Crippen LogP contribution in [-0.4, -0.2) is 97.6 Å². The van der Waals surface area contributed by atoms with E-state index in [-0.39, 0.29) is 0 Å². The fourth-order valence-electron chi connectivity index (χ4n) is 5.66. The molecule has 0 aromatic rings. The number of nitrogens with zero attached hydrogens (tertiary/aromatic N) is 4. The van der Waals surface area contributed by atoms with Crippen molar-refractivity contribution in [2.24, 2.45) is 10.9 Å². The highest BCUT2D eigenvalue weighted by Gasteiger charge is 2.36. The molecule has 3 heterocycles. The Morgan fingerprint density at radius 3 is 2.27 bits per heavy atom. The molecule has 1 saturated carbocycles. The van der Waals surface area contributed by atoms with Crippen LogP contribution in [-0.2, 0) is 4.79 Å². The first-order valence-electron chi connectivity index (χ1n) is 12.4. The number of fused-ring (bicyclic) bond motifs is 2. The van der Waals surface area contributed by atoms with Crippen molar-refractivity contribution < 1.29 is 4.79 Å². The highest BCUT2D eigenvalue weighted by atomic mass is 16.2.